The maximum atomic E-state index is 12.8. The van der Waals surface area contributed by atoms with E-state index in [4.69, 9.17) is 4.74 Å². The molecule has 0 unspecified atom stereocenters. The van der Waals surface area contributed by atoms with E-state index in [0.717, 1.165) is 34.8 Å². The lowest BCUT2D eigenvalue weighted by Crippen LogP contribution is -2.35. The zero-order chi connectivity index (χ0) is 20.3. The molecule has 0 aliphatic carbocycles. The molecule has 0 saturated carbocycles. The molecule has 0 spiro atoms. The summed E-state index contributed by atoms with van der Waals surface area (Å²) in [5.41, 5.74) is 2.12. The Morgan fingerprint density at radius 3 is 2.61 bits per heavy atom. The summed E-state index contributed by atoms with van der Waals surface area (Å²) in [6, 6.07) is 7.89. The van der Waals surface area contributed by atoms with E-state index in [1.807, 2.05) is 18.4 Å². The van der Waals surface area contributed by atoms with Gasteiger partial charge in [-0.3, -0.25) is 9.69 Å². The lowest BCUT2D eigenvalue weighted by Gasteiger charge is -2.30. The van der Waals surface area contributed by atoms with Crippen molar-refractivity contribution in [1.82, 2.24) is 4.90 Å². The van der Waals surface area contributed by atoms with Crippen LogP contribution in [0.4, 0.5) is 5.00 Å². The van der Waals surface area contributed by atoms with E-state index < -0.39 is 0 Å². The monoisotopic (exact) mass is 418 g/mol. The van der Waals surface area contributed by atoms with Crippen LogP contribution in [0.25, 0.3) is 0 Å². The molecule has 5 nitrogen and oxygen atoms in total. The molecule has 150 valence electrons. The van der Waals surface area contributed by atoms with Gasteiger partial charge in [0.05, 0.1) is 12.2 Å². The first-order chi connectivity index (χ1) is 13.4. The molecule has 7 heteroatoms. The number of hydrogen-bond acceptors (Lipinski definition) is 6. The average molecular weight is 419 g/mol. The molecule has 1 aliphatic heterocycles. The van der Waals surface area contributed by atoms with Gasteiger partial charge in [-0.05, 0) is 63.3 Å². The first-order valence-corrected chi connectivity index (χ1v) is 11.5. The van der Waals surface area contributed by atoms with Crippen molar-refractivity contribution in [3.05, 3.63) is 45.8 Å². The van der Waals surface area contributed by atoms with E-state index in [2.05, 4.69) is 24.1 Å². The van der Waals surface area contributed by atoms with Crippen LogP contribution in [0.15, 0.2) is 29.2 Å². The topological polar surface area (TPSA) is 58.6 Å². The summed E-state index contributed by atoms with van der Waals surface area (Å²) in [5.74, 6) is -0.566. The van der Waals surface area contributed by atoms with Gasteiger partial charge >= 0.3 is 5.97 Å². The molecule has 28 heavy (non-hydrogen) atoms. The van der Waals surface area contributed by atoms with E-state index >= 15 is 0 Å². The number of fused-ring (bicyclic) bond motifs is 1. The molecular formula is C21H26N2O3S2. The fourth-order valence-electron chi connectivity index (χ4n) is 3.29. The molecule has 2 aromatic rings. The maximum absolute atomic E-state index is 12.8. The maximum Gasteiger partial charge on any atom is 0.341 e. The number of nitrogens with one attached hydrogen (secondary N) is 1. The Morgan fingerprint density at radius 1 is 1.29 bits per heavy atom. The number of amides is 1. The number of nitrogens with zero attached hydrogens (tertiary/aromatic N) is 1. The third-order valence-corrected chi connectivity index (χ3v) is 6.75. The van der Waals surface area contributed by atoms with Gasteiger partial charge in [0, 0.05) is 34.5 Å². The highest BCUT2D eigenvalue weighted by atomic mass is 32.2. The Morgan fingerprint density at radius 2 is 2.00 bits per heavy atom. The Hall–Kier alpha value is -1.83. The fraction of sp³-hybridized carbons (Fsp3) is 0.429. The van der Waals surface area contributed by atoms with Gasteiger partial charge in [-0.15, -0.1) is 23.1 Å². The van der Waals surface area contributed by atoms with Crippen molar-refractivity contribution in [1.29, 1.82) is 0 Å². The predicted octanol–water partition coefficient (Wildman–Crippen LogP) is 4.67. The lowest BCUT2D eigenvalue weighted by molar-refractivity contribution is 0.0526. The number of anilines is 1. The van der Waals surface area contributed by atoms with Gasteiger partial charge in [-0.25, -0.2) is 4.79 Å². The minimum absolute atomic E-state index is 0.211. The minimum atomic E-state index is -0.356. The Kier molecular flexibility index (Phi) is 6.80. The number of carbonyl (C=O) groups is 2. The highest BCUT2D eigenvalue weighted by Gasteiger charge is 2.30. The van der Waals surface area contributed by atoms with Gasteiger partial charge in [0.2, 0.25) is 0 Å². The number of rotatable bonds is 6. The third-order valence-electron chi connectivity index (χ3n) is 4.88. The van der Waals surface area contributed by atoms with E-state index in [9.17, 15) is 9.59 Å². The van der Waals surface area contributed by atoms with Crippen LogP contribution in [0.5, 0.6) is 0 Å². The molecule has 0 atom stereocenters. The largest absolute Gasteiger partial charge is 0.462 e. The Bertz CT molecular complexity index is 859. The summed E-state index contributed by atoms with van der Waals surface area (Å²) in [5, 5.41) is 3.55. The molecule has 0 fully saturated rings. The summed E-state index contributed by atoms with van der Waals surface area (Å²) in [7, 11) is 0. The number of carbonyl (C=O) groups excluding carboxylic acids is 2. The molecule has 2 heterocycles. The fourth-order valence-corrected chi connectivity index (χ4v) is 4.95. The zero-order valence-corrected chi connectivity index (χ0v) is 18.3. The Labute approximate surface area is 174 Å². The number of esters is 1. The first kappa shape index (κ1) is 20.9. The van der Waals surface area contributed by atoms with Crippen molar-refractivity contribution < 1.29 is 14.3 Å². The molecule has 3 rings (SSSR count). The van der Waals surface area contributed by atoms with Crippen LogP contribution >= 0.6 is 23.1 Å². The number of thioether (sulfide) groups is 1. The van der Waals surface area contributed by atoms with Crippen molar-refractivity contribution in [2.75, 3.05) is 24.7 Å². The zero-order valence-electron chi connectivity index (χ0n) is 16.7. The molecule has 0 bridgehead atoms. The minimum Gasteiger partial charge on any atom is -0.462 e. The van der Waals surface area contributed by atoms with Crippen molar-refractivity contribution in [3.8, 4) is 0 Å². The number of ether oxygens (including phenoxy) is 1. The van der Waals surface area contributed by atoms with Crippen LogP contribution in [0, 0.1) is 0 Å². The molecule has 1 aliphatic rings. The standard InChI is InChI=1S/C21H26N2O3S2/c1-5-26-21(25)18-16-10-11-23(13(2)3)12-17(16)28-20(18)22-19(24)14-6-8-15(27-4)9-7-14/h6-9,13H,5,10-12H2,1-4H3,(H,22,24). The first-order valence-electron chi connectivity index (χ1n) is 9.45. The van der Waals surface area contributed by atoms with Gasteiger partial charge in [0.15, 0.2) is 0 Å². The summed E-state index contributed by atoms with van der Waals surface area (Å²) in [6.07, 6.45) is 2.79. The van der Waals surface area contributed by atoms with Gasteiger partial charge in [-0.1, -0.05) is 0 Å². The average Bonchev–Trinajstić information content (AvgIpc) is 3.05. The van der Waals surface area contributed by atoms with E-state index in [1.54, 1.807) is 30.8 Å². The second-order valence-corrected chi connectivity index (χ2v) is 8.91. The SMILES string of the molecule is CCOC(=O)c1c(NC(=O)c2ccc(SC)cc2)sc2c1CCN(C(C)C)C2. The molecular weight excluding hydrogens is 392 g/mol. The second-order valence-electron chi connectivity index (χ2n) is 6.93. The summed E-state index contributed by atoms with van der Waals surface area (Å²) in [4.78, 5) is 30.0. The summed E-state index contributed by atoms with van der Waals surface area (Å²) in [6.45, 7) is 8.14. The summed E-state index contributed by atoms with van der Waals surface area (Å²) >= 11 is 3.12. The lowest BCUT2D eigenvalue weighted by atomic mass is 10.0. The van der Waals surface area contributed by atoms with Crippen LogP contribution < -0.4 is 5.32 Å². The number of hydrogen-bond donors (Lipinski definition) is 1. The van der Waals surface area contributed by atoms with Gasteiger partial charge in [0.1, 0.15) is 5.00 Å². The van der Waals surface area contributed by atoms with Gasteiger partial charge in [0.25, 0.3) is 5.91 Å². The van der Waals surface area contributed by atoms with E-state index in [1.165, 1.54) is 11.3 Å². The Balaban J connectivity index is 1.90. The van der Waals surface area contributed by atoms with Crippen LogP contribution in [0.1, 0.15) is 51.9 Å². The second kappa shape index (κ2) is 9.11. The third kappa shape index (κ3) is 4.42. The van der Waals surface area contributed by atoms with Crippen molar-refractivity contribution >= 4 is 40.0 Å². The highest BCUT2D eigenvalue weighted by molar-refractivity contribution is 7.98. The van der Waals surface area contributed by atoms with E-state index in [-0.39, 0.29) is 11.9 Å². The molecule has 1 aromatic carbocycles. The molecule has 1 aromatic heterocycles. The summed E-state index contributed by atoms with van der Waals surface area (Å²) < 4.78 is 5.28. The van der Waals surface area contributed by atoms with Crippen LogP contribution in [-0.2, 0) is 17.7 Å². The van der Waals surface area contributed by atoms with Gasteiger partial charge < -0.3 is 10.1 Å². The molecule has 1 amide bonds. The van der Waals surface area contributed by atoms with Crippen molar-refractivity contribution in [3.63, 3.8) is 0 Å². The quantitative estimate of drug-likeness (QED) is 0.546. The molecule has 0 saturated heterocycles. The van der Waals surface area contributed by atoms with Crippen molar-refractivity contribution in [2.24, 2.45) is 0 Å². The van der Waals surface area contributed by atoms with Crippen LogP contribution in [0.2, 0.25) is 0 Å². The smallest absolute Gasteiger partial charge is 0.341 e. The normalized spacial score (nSPS) is 14.0. The van der Waals surface area contributed by atoms with Crippen LogP contribution in [-0.4, -0.2) is 42.2 Å². The molecule has 1 N–H and O–H groups in total. The van der Waals surface area contributed by atoms with Crippen molar-refractivity contribution in [2.45, 2.75) is 44.7 Å². The van der Waals surface area contributed by atoms with Crippen LogP contribution in [0.3, 0.4) is 0 Å². The molecule has 0 radical (unpaired) electrons. The highest BCUT2D eigenvalue weighted by Crippen LogP contribution is 2.38. The number of benzene rings is 1. The number of thiophene rings is 1. The van der Waals surface area contributed by atoms with Gasteiger partial charge in [-0.2, -0.15) is 0 Å². The predicted molar refractivity (Wildman–Crippen MR) is 116 cm³/mol. The van der Waals surface area contributed by atoms with E-state index in [0.29, 0.717) is 28.8 Å².